The van der Waals surface area contributed by atoms with Crippen LogP contribution >= 0.6 is 0 Å². The first-order chi connectivity index (χ1) is 7.40. The third-order valence-corrected chi connectivity index (χ3v) is 3.33. The van der Waals surface area contributed by atoms with E-state index >= 15 is 0 Å². The van der Waals surface area contributed by atoms with Crippen LogP contribution in [0.25, 0.3) is 0 Å². The summed E-state index contributed by atoms with van der Waals surface area (Å²) in [6.45, 7) is 6.97. The maximum atomic E-state index is 11.8. The first-order valence-electron chi connectivity index (χ1n) is 5.78. The number of piperidine rings is 2. The number of fused-ring (bicyclic) bond motifs is 2. The molecular formula is C12H18N2O2. The topological polar surface area (TPSA) is 53.3 Å². The van der Waals surface area contributed by atoms with Gasteiger partial charge in [-0.25, -0.2) is 4.79 Å². The molecule has 88 valence electrons. The molecule has 2 aliphatic heterocycles. The van der Waals surface area contributed by atoms with E-state index in [-0.39, 0.29) is 12.0 Å². The molecule has 2 heterocycles. The molecular weight excluding hydrogens is 204 g/mol. The minimum atomic E-state index is -0.437. The standard InChI is InChI=1S/C12H18N2O2/c1-12(2,3)16-11(15)14-6-8-4-9(7-14)10(8)5-13/h8-10H,4,6-7H2,1-3H3. The van der Waals surface area contributed by atoms with Gasteiger partial charge in [0, 0.05) is 13.1 Å². The summed E-state index contributed by atoms with van der Waals surface area (Å²) in [5.41, 5.74) is -0.437. The molecule has 4 nitrogen and oxygen atoms in total. The van der Waals surface area contributed by atoms with E-state index in [0.29, 0.717) is 24.9 Å². The second kappa shape index (κ2) is 3.65. The first kappa shape index (κ1) is 11.3. The maximum absolute atomic E-state index is 11.8. The molecule has 1 amide bonds. The predicted octanol–water partition coefficient (Wildman–Crippen LogP) is 2.01. The number of carbonyl (C=O) groups excluding carboxylic acids is 1. The Labute approximate surface area is 96.2 Å². The minimum absolute atomic E-state index is 0.165. The normalized spacial score (nSPS) is 32.6. The Morgan fingerprint density at radius 1 is 1.38 bits per heavy atom. The molecule has 0 spiro atoms. The molecule has 2 bridgehead atoms. The third-order valence-electron chi connectivity index (χ3n) is 3.33. The van der Waals surface area contributed by atoms with E-state index in [9.17, 15) is 4.79 Å². The van der Waals surface area contributed by atoms with Crippen molar-refractivity contribution >= 4 is 6.09 Å². The van der Waals surface area contributed by atoms with Gasteiger partial charge in [0.1, 0.15) is 5.60 Å². The molecule has 2 atom stereocenters. The van der Waals surface area contributed by atoms with Crippen LogP contribution in [0.2, 0.25) is 0 Å². The van der Waals surface area contributed by atoms with E-state index in [4.69, 9.17) is 10.00 Å². The van der Waals surface area contributed by atoms with Crippen LogP contribution in [0.3, 0.4) is 0 Å². The lowest BCUT2D eigenvalue weighted by molar-refractivity contribution is -0.0358. The zero-order valence-corrected chi connectivity index (χ0v) is 10.1. The van der Waals surface area contributed by atoms with Crippen molar-refractivity contribution in [2.24, 2.45) is 17.8 Å². The van der Waals surface area contributed by atoms with Gasteiger partial charge in [0.15, 0.2) is 0 Å². The molecule has 3 fully saturated rings. The van der Waals surface area contributed by atoms with Gasteiger partial charge in [-0.15, -0.1) is 0 Å². The Morgan fingerprint density at radius 2 is 1.94 bits per heavy atom. The number of hydrogen-bond acceptors (Lipinski definition) is 3. The second-order valence-electron chi connectivity index (χ2n) is 5.80. The van der Waals surface area contributed by atoms with E-state index in [1.165, 1.54) is 0 Å². The summed E-state index contributed by atoms with van der Waals surface area (Å²) in [5, 5.41) is 8.92. The maximum Gasteiger partial charge on any atom is 0.410 e. The molecule has 0 radical (unpaired) electrons. The minimum Gasteiger partial charge on any atom is -0.444 e. The Kier molecular flexibility index (Phi) is 2.57. The Hall–Kier alpha value is -1.24. The lowest BCUT2D eigenvalue weighted by atomic mass is 9.62. The van der Waals surface area contributed by atoms with Crippen LogP contribution in [-0.2, 0) is 4.74 Å². The summed E-state index contributed by atoms with van der Waals surface area (Å²) in [6.07, 6.45) is 0.857. The average molecular weight is 222 g/mol. The van der Waals surface area contributed by atoms with Crippen molar-refractivity contribution in [3.63, 3.8) is 0 Å². The number of ether oxygens (including phenoxy) is 1. The number of rotatable bonds is 0. The summed E-state index contributed by atoms with van der Waals surface area (Å²) in [7, 11) is 0. The van der Waals surface area contributed by atoms with Gasteiger partial charge in [-0.3, -0.25) is 0 Å². The highest BCUT2D eigenvalue weighted by molar-refractivity contribution is 5.68. The molecule has 1 saturated carbocycles. The molecule has 4 heteroatoms. The zero-order valence-electron chi connectivity index (χ0n) is 10.1. The van der Waals surface area contributed by atoms with Crippen molar-refractivity contribution in [3.05, 3.63) is 0 Å². The summed E-state index contributed by atoms with van der Waals surface area (Å²) >= 11 is 0. The van der Waals surface area contributed by atoms with Crippen LogP contribution in [-0.4, -0.2) is 29.7 Å². The van der Waals surface area contributed by atoms with Crippen molar-refractivity contribution in [2.45, 2.75) is 32.8 Å². The highest BCUT2D eigenvalue weighted by Gasteiger charge is 2.48. The van der Waals surface area contributed by atoms with E-state index in [0.717, 1.165) is 6.42 Å². The number of amides is 1. The summed E-state index contributed by atoms with van der Waals surface area (Å²) in [4.78, 5) is 13.5. The number of hydrogen-bond donors (Lipinski definition) is 0. The van der Waals surface area contributed by atoms with Gasteiger partial charge in [0.25, 0.3) is 0 Å². The number of nitriles is 1. The second-order valence-corrected chi connectivity index (χ2v) is 5.80. The fourth-order valence-corrected chi connectivity index (χ4v) is 2.57. The zero-order chi connectivity index (χ0) is 11.9. The third kappa shape index (κ3) is 1.99. The summed E-state index contributed by atoms with van der Waals surface area (Å²) in [5.74, 6) is 0.909. The van der Waals surface area contributed by atoms with Crippen molar-refractivity contribution in [2.75, 3.05) is 13.1 Å². The van der Waals surface area contributed by atoms with Crippen LogP contribution in [0.5, 0.6) is 0 Å². The fourth-order valence-electron chi connectivity index (χ4n) is 2.57. The molecule has 0 aromatic heterocycles. The van der Waals surface area contributed by atoms with Gasteiger partial charge >= 0.3 is 6.09 Å². The van der Waals surface area contributed by atoms with Crippen molar-refractivity contribution in [3.8, 4) is 6.07 Å². The molecule has 16 heavy (non-hydrogen) atoms. The van der Waals surface area contributed by atoms with Crippen molar-refractivity contribution in [1.29, 1.82) is 5.26 Å². The largest absolute Gasteiger partial charge is 0.444 e. The smallest absolute Gasteiger partial charge is 0.410 e. The Balaban J connectivity index is 1.91. The van der Waals surface area contributed by atoms with Crippen LogP contribution in [0.1, 0.15) is 27.2 Å². The molecule has 0 N–H and O–H groups in total. The molecule has 3 rings (SSSR count). The first-order valence-corrected chi connectivity index (χ1v) is 5.78. The van der Waals surface area contributed by atoms with E-state index in [1.54, 1.807) is 4.90 Å². The van der Waals surface area contributed by atoms with Crippen LogP contribution in [0.15, 0.2) is 0 Å². The van der Waals surface area contributed by atoms with Crippen molar-refractivity contribution in [1.82, 2.24) is 4.90 Å². The SMILES string of the molecule is CC(C)(C)OC(=O)N1CC2CC(C1)C2C#N. The van der Waals surface area contributed by atoms with Crippen molar-refractivity contribution < 1.29 is 9.53 Å². The van der Waals surface area contributed by atoms with Gasteiger partial charge in [0.2, 0.25) is 0 Å². The van der Waals surface area contributed by atoms with E-state index in [1.807, 2.05) is 20.8 Å². The number of nitrogens with zero attached hydrogens (tertiary/aromatic N) is 2. The molecule has 3 aliphatic rings. The van der Waals surface area contributed by atoms with E-state index in [2.05, 4.69) is 6.07 Å². The Morgan fingerprint density at radius 3 is 2.38 bits per heavy atom. The van der Waals surface area contributed by atoms with Gasteiger partial charge in [0.05, 0.1) is 12.0 Å². The highest BCUT2D eigenvalue weighted by Crippen LogP contribution is 2.45. The van der Waals surface area contributed by atoms with Crippen LogP contribution in [0.4, 0.5) is 4.79 Å². The number of carbonyl (C=O) groups is 1. The lowest BCUT2D eigenvalue weighted by Crippen LogP contribution is -2.56. The monoisotopic (exact) mass is 222 g/mol. The average Bonchev–Trinajstić information content (AvgIpc) is 2.16. The molecule has 0 aromatic carbocycles. The molecule has 2 saturated heterocycles. The predicted molar refractivity (Wildman–Crippen MR) is 58.5 cm³/mol. The Bertz CT molecular complexity index is 328. The van der Waals surface area contributed by atoms with Gasteiger partial charge < -0.3 is 9.64 Å². The van der Waals surface area contributed by atoms with Crippen LogP contribution in [0, 0.1) is 29.1 Å². The molecule has 1 aliphatic carbocycles. The van der Waals surface area contributed by atoms with Crippen LogP contribution < -0.4 is 0 Å². The van der Waals surface area contributed by atoms with E-state index < -0.39 is 5.60 Å². The fraction of sp³-hybridized carbons (Fsp3) is 0.833. The van der Waals surface area contributed by atoms with Gasteiger partial charge in [-0.1, -0.05) is 0 Å². The summed E-state index contributed by atoms with van der Waals surface area (Å²) in [6, 6.07) is 2.33. The van der Waals surface area contributed by atoms with Gasteiger partial charge in [-0.2, -0.15) is 5.26 Å². The highest BCUT2D eigenvalue weighted by atomic mass is 16.6. The summed E-state index contributed by atoms with van der Waals surface area (Å²) < 4.78 is 5.32. The molecule has 0 aromatic rings. The quantitative estimate of drug-likeness (QED) is 0.630. The molecule has 2 unspecified atom stereocenters. The lowest BCUT2D eigenvalue weighted by Gasteiger charge is -2.50. The van der Waals surface area contributed by atoms with Gasteiger partial charge in [-0.05, 0) is 39.0 Å².